The lowest BCUT2D eigenvalue weighted by molar-refractivity contribution is -0.143. The molecule has 2 aromatic heterocycles. The van der Waals surface area contributed by atoms with Crippen LogP contribution < -0.4 is 25.4 Å². The third-order valence-corrected chi connectivity index (χ3v) is 15.6. The number of thiazole rings is 1. The van der Waals surface area contributed by atoms with Crippen LogP contribution in [0.3, 0.4) is 0 Å². The van der Waals surface area contributed by atoms with E-state index in [0.29, 0.717) is 83.2 Å². The SMILES string of the molecule is C=C1c2ccccc2CN1[C@H](C(=O)N1C[C@H](O)C[C@H]1C(=O)NCc1ccc(-c2scnc2C)cc1OCCCOCCCOCCOc1ccc(Nc2ncc(Br)c(NCCCN(C)C(=O)C3CCC3)n2)cc1)C(C)C. The van der Waals surface area contributed by atoms with Crippen molar-refractivity contribution >= 4 is 68.1 Å². The number of halogens is 1. The number of aliphatic hydroxyl groups is 1. The molecule has 0 radical (unpaired) electrons. The second kappa shape index (κ2) is 27.3. The topological polar surface area (TPSA) is 193 Å². The summed E-state index contributed by atoms with van der Waals surface area (Å²) in [7, 11) is 1.88. The van der Waals surface area contributed by atoms with Gasteiger partial charge in [-0.15, -0.1) is 11.3 Å². The Morgan fingerprint density at radius 1 is 0.947 bits per heavy atom. The molecule has 3 aromatic carbocycles. The molecule has 2 aliphatic heterocycles. The average Bonchev–Trinajstić information content (AvgIpc) is 4.11. The van der Waals surface area contributed by atoms with E-state index in [0.717, 1.165) is 86.5 Å². The fourth-order valence-electron chi connectivity index (χ4n) is 9.69. The summed E-state index contributed by atoms with van der Waals surface area (Å²) in [4.78, 5) is 60.7. The Labute approximate surface area is 458 Å². The maximum Gasteiger partial charge on any atom is 0.246 e. The highest BCUT2D eigenvalue weighted by Gasteiger charge is 2.44. The van der Waals surface area contributed by atoms with Crippen molar-refractivity contribution in [3.63, 3.8) is 0 Å². The second-order valence-corrected chi connectivity index (χ2v) is 21.7. The minimum atomic E-state index is -0.821. The summed E-state index contributed by atoms with van der Waals surface area (Å²) < 4.78 is 24.7. The Bertz CT molecular complexity index is 2760. The van der Waals surface area contributed by atoms with Gasteiger partial charge in [-0.25, -0.2) is 9.97 Å². The molecular weight excluding hydrogens is 1050 g/mol. The van der Waals surface area contributed by atoms with Crippen LogP contribution in [0.4, 0.5) is 17.5 Å². The first-order chi connectivity index (χ1) is 36.8. The predicted octanol–water partition coefficient (Wildman–Crippen LogP) is 8.84. The van der Waals surface area contributed by atoms with Gasteiger partial charge in [0.05, 0.1) is 39.9 Å². The van der Waals surface area contributed by atoms with Gasteiger partial charge in [0.2, 0.25) is 23.7 Å². The summed E-state index contributed by atoms with van der Waals surface area (Å²) in [5.41, 5.74) is 8.26. The molecule has 2 fully saturated rings. The van der Waals surface area contributed by atoms with Gasteiger partial charge in [0, 0.05) is 107 Å². The van der Waals surface area contributed by atoms with Crippen LogP contribution in [0.15, 0.2) is 89.5 Å². The first-order valence-corrected chi connectivity index (χ1v) is 28.1. The number of aliphatic hydroxyl groups excluding tert-OH is 1. The average molecular weight is 1120 g/mol. The van der Waals surface area contributed by atoms with Crippen LogP contribution in [-0.2, 0) is 36.9 Å². The van der Waals surface area contributed by atoms with Gasteiger partial charge in [-0.1, -0.05) is 63.2 Å². The molecule has 1 aliphatic carbocycles. The van der Waals surface area contributed by atoms with Crippen molar-refractivity contribution in [3.05, 3.63) is 112 Å². The molecule has 3 aliphatic rings. The smallest absolute Gasteiger partial charge is 0.246 e. The Morgan fingerprint density at radius 2 is 1.71 bits per heavy atom. The van der Waals surface area contributed by atoms with E-state index < -0.39 is 18.2 Å². The number of amides is 3. The summed E-state index contributed by atoms with van der Waals surface area (Å²) >= 11 is 5.09. The molecule has 0 spiro atoms. The molecule has 19 heteroatoms. The lowest BCUT2D eigenvalue weighted by atomic mass is 9.84. The van der Waals surface area contributed by atoms with E-state index in [-0.39, 0.29) is 49.1 Å². The van der Waals surface area contributed by atoms with Crippen LogP contribution in [0.25, 0.3) is 16.1 Å². The number of hydrogen-bond acceptors (Lipinski definition) is 15. The molecule has 4 heterocycles. The highest BCUT2D eigenvalue weighted by molar-refractivity contribution is 9.10. The molecule has 1 saturated carbocycles. The molecule has 17 nitrogen and oxygen atoms in total. The van der Waals surface area contributed by atoms with Crippen LogP contribution in [0.5, 0.6) is 11.5 Å². The van der Waals surface area contributed by atoms with Crippen LogP contribution in [0.2, 0.25) is 0 Å². The van der Waals surface area contributed by atoms with Gasteiger partial charge in [-0.05, 0) is 95.9 Å². The molecule has 3 amide bonds. The Hall–Kier alpha value is -6.12. The number of rotatable bonds is 28. The minimum absolute atomic E-state index is 0.0661. The van der Waals surface area contributed by atoms with Gasteiger partial charge in [0.15, 0.2) is 0 Å². The molecule has 5 aromatic rings. The summed E-state index contributed by atoms with van der Waals surface area (Å²) in [5, 5.41) is 20.5. The third kappa shape index (κ3) is 14.7. The van der Waals surface area contributed by atoms with Crippen LogP contribution >= 0.6 is 27.3 Å². The number of ether oxygens (including phenoxy) is 4. The molecule has 0 bridgehead atoms. The summed E-state index contributed by atoms with van der Waals surface area (Å²) in [5.74, 6) is 2.38. The molecule has 8 rings (SSSR count). The first kappa shape index (κ1) is 56.1. The van der Waals surface area contributed by atoms with Crippen molar-refractivity contribution in [1.82, 2.24) is 35.0 Å². The number of nitrogens with one attached hydrogen (secondary N) is 3. The molecule has 1 saturated heterocycles. The summed E-state index contributed by atoms with van der Waals surface area (Å²) in [6.45, 7) is 15.3. The maximum absolute atomic E-state index is 14.4. The number of anilines is 3. The van der Waals surface area contributed by atoms with Gasteiger partial charge < -0.3 is 54.7 Å². The molecule has 3 atom stereocenters. The van der Waals surface area contributed by atoms with Crippen LogP contribution in [0.1, 0.15) is 81.2 Å². The van der Waals surface area contributed by atoms with Crippen molar-refractivity contribution in [2.24, 2.45) is 11.8 Å². The normalized spacial score (nSPS) is 16.6. The molecular formula is C57H72BrN9O8S. The largest absolute Gasteiger partial charge is 0.493 e. The highest BCUT2D eigenvalue weighted by atomic mass is 79.9. The second-order valence-electron chi connectivity index (χ2n) is 20.0. The van der Waals surface area contributed by atoms with E-state index in [1.165, 1.54) is 0 Å². The quantitative estimate of drug-likeness (QED) is 0.0347. The Balaban J connectivity index is 0.721. The third-order valence-electron chi connectivity index (χ3n) is 14.0. The van der Waals surface area contributed by atoms with Crippen molar-refractivity contribution in [3.8, 4) is 21.9 Å². The standard InChI is InChI=1S/C57H72BrN9O8S/c1-37(2)51(66-34-43-12-6-7-15-47(43)39(66)4)56(71)67-35-45(68)31-49(67)54(69)60-32-42-17-16-41(52-38(3)62-36-76-52)30-50(42)75-27-11-26-72-24-10-25-73-28-29-74-46-20-18-44(19-21-46)63-57-61-33-48(58)53(64-57)59-22-9-23-65(5)55(70)40-13-8-14-40/h6-7,12,15-21,30,33,36-37,40,45,49,51,68H,4,8-11,13-14,22-29,31-32,34-35H2,1-3,5H3,(H,60,69)(H2,59,61,63,64)/t45-,49+,51+/m1/s1. The molecule has 0 unspecified atom stereocenters. The number of β-amino-alcohol motifs (C(OH)–C–C–N with tert-alkyl or cyclic N) is 1. The lowest BCUT2D eigenvalue weighted by Crippen LogP contribution is -2.54. The lowest BCUT2D eigenvalue weighted by Gasteiger charge is -2.36. The molecule has 4 N–H and O–H groups in total. The van der Waals surface area contributed by atoms with E-state index in [4.69, 9.17) is 18.9 Å². The minimum Gasteiger partial charge on any atom is -0.493 e. The van der Waals surface area contributed by atoms with Crippen LogP contribution in [-0.4, -0.2) is 137 Å². The van der Waals surface area contributed by atoms with E-state index in [1.807, 2.05) is 104 Å². The number of aryl methyl sites for hydroxylation is 1. The monoisotopic (exact) mass is 1120 g/mol. The number of benzene rings is 3. The van der Waals surface area contributed by atoms with Crippen LogP contribution in [0, 0.1) is 18.8 Å². The zero-order chi connectivity index (χ0) is 53.6. The number of hydrogen-bond donors (Lipinski definition) is 4. The maximum atomic E-state index is 14.4. The van der Waals surface area contributed by atoms with Gasteiger partial charge in [-0.2, -0.15) is 4.98 Å². The number of likely N-dealkylation sites (tertiary alicyclic amines) is 1. The zero-order valence-electron chi connectivity index (χ0n) is 44.1. The summed E-state index contributed by atoms with van der Waals surface area (Å²) in [6, 6.07) is 20.2. The van der Waals surface area contributed by atoms with Crippen molar-refractivity contribution in [2.75, 3.05) is 77.0 Å². The number of fused-ring (bicyclic) bond motifs is 1. The highest BCUT2D eigenvalue weighted by Crippen LogP contribution is 2.37. The number of carbonyl (C=O) groups is 3. The van der Waals surface area contributed by atoms with Crippen molar-refractivity contribution in [2.45, 2.75) is 97.0 Å². The fraction of sp³-hybridized carbons (Fsp3) is 0.474. The van der Waals surface area contributed by atoms with E-state index in [2.05, 4.69) is 59.5 Å². The van der Waals surface area contributed by atoms with E-state index in [9.17, 15) is 19.5 Å². The first-order valence-electron chi connectivity index (χ1n) is 26.5. The number of carbonyl (C=O) groups excluding carboxylic acids is 3. The predicted molar refractivity (Wildman–Crippen MR) is 299 cm³/mol. The van der Waals surface area contributed by atoms with Gasteiger partial charge in [0.25, 0.3) is 0 Å². The van der Waals surface area contributed by atoms with Gasteiger partial charge in [-0.3, -0.25) is 14.4 Å². The number of nitrogens with zero attached hydrogens (tertiary/aromatic N) is 6. The Kier molecular flexibility index (Phi) is 20.1. The zero-order valence-corrected chi connectivity index (χ0v) is 46.5. The fourth-order valence-corrected chi connectivity index (χ4v) is 10.8. The molecule has 76 heavy (non-hydrogen) atoms. The van der Waals surface area contributed by atoms with Crippen molar-refractivity contribution in [1.29, 1.82) is 0 Å². The van der Waals surface area contributed by atoms with Gasteiger partial charge in [0.1, 0.15) is 36.0 Å². The van der Waals surface area contributed by atoms with Crippen molar-refractivity contribution < 1.29 is 38.4 Å². The van der Waals surface area contributed by atoms with E-state index in [1.54, 1.807) is 22.4 Å². The Morgan fingerprint density at radius 3 is 2.43 bits per heavy atom. The van der Waals surface area contributed by atoms with E-state index >= 15 is 0 Å². The molecule has 406 valence electrons. The summed E-state index contributed by atoms with van der Waals surface area (Å²) in [6.07, 6.45) is 6.42. The number of aromatic nitrogens is 3. The van der Waals surface area contributed by atoms with Gasteiger partial charge >= 0.3 is 0 Å².